The molecule has 10 heteroatoms. The molecule has 0 bridgehead atoms. The van der Waals surface area contributed by atoms with Crippen LogP contribution in [0.4, 0.5) is 4.39 Å². The summed E-state index contributed by atoms with van der Waals surface area (Å²) >= 11 is 0. The molecule has 0 saturated carbocycles. The first-order valence-electron chi connectivity index (χ1n) is 10.1. The van der Waals surface area contributed by atoms with E-state index in [-0.39, 0.29) is 35.9 Å². The fraction of sp³-hybridized carbons (Fsp3) is 0.318. The van der Waals surface area contributed by atoms with Crippen LogP contribution in [0, 0.1) is 5.82 Å². The number of sulfonamides is 1. The number of likely N-dealkylation sites (N-methyl/N-ethyl adjacent to an activating group) is 1. The number of hydrogen-bond donors (Lipinski definition) is 1. The molecule has 8 nitrogen and oxygen atoms in total. The molecule has 3 rings (SSSR count). The van der Waals surface area contributed by atoms with E-state index in [0.29, 0.717) is 16.3 Å². The van der Waals surface area contributed by atoms with Gasteiger partial charge < -0.3 is 10.2 Å². The number of hydrogen-bond acceptors (Lipinski definition) is 5. The Morgan fingerprint density at radius 2 is 1.78 bits per heavy atom. The summed E-state index contributed by atoms with van der Waals surface area (Å²) in [6.07, 6.45) is 0.0205. The third-order valence-corrected chi connectivity index (χ3v) is 7.18. The highest BCUT2D eigenvalue weighted by atomic mass is 32.2. The van der Waals surface area contributed by atoms with Crippen molar-refractivity contribution in [3.63, 3.8) is 0 Å². The van der Waals surface area contributed by atoms with Gasteiger partial charge in [-0.1, -0.05) is 31.2 Å². The monoisotopic (exact) mass is 461 g/mol. The van der Waals surface area contributed by atoms with Gasteiger partial charge >= 0.3 is 0 Å². The fourth-order valence-corrected chi connectivity index (χ4v) is 5.24. The minimum atomic E-state index is -4.04. The summed E-state index contributed by atoms with van der Waals surface area (Å²) in [7, 11) is -2.58. The number of rotatable bonds is 8. The topological polar surface area (TPSA) is 104 Å². The van der Waals surface area contributed by atoms with Gasteiger partial charge in [-0.15, -0.1) is 0 Å². The molecule has 1 aliphatic rings. The summed E-state index contributed by atoms with van der Waals surface area (Å²) in [6, 6.07) is 10.6. The van der Waals surface area contributed by atoms with E-state index in [1.165, 1.54) is 54.4 Å². The lowest BCUT2D eigenvalue weighted by atomic mass is 10.1. The van der Waals surface area contributed by atoms with E-state index >= 15 is 0 Å². The van der Waals surface area contributed by atoms with Gasteiger partial charge in [-0.3, -0.25) is 14.4 Å². The zero-order valence-electron chi connectivity index (χ0n) is 17.7. The van der Waals surface area contributed by atoms with Crippen molar-refractivity contribution in [3.8, 4) is 0 Å². The zero-order valence-corrected chi connectivity index (χ0v) is 18.6. The first-order valence-corrected chi connectivity index (χ1v) is 11.6. The molecule has 0 radical (unpaired) electrons. The van der Waals surface area contributed by atoms with Crippen LogP contribution in [0.1, 0.15) is 35.7 Å². The van der Waals surface area contributed by atoms with Gasteiger partial charge in [-0.25, -0.2) is 17.1 Å². The standard InChI is InChI=1S/C22H24FN3O5S/c1-3-18(21(28)24-2)25(14-15-8-10-16(23)11-9-15)20(27)12-13-26-22(29)17-6-4-5-7-19(17)32(26,30)31/h4-11,18H,3,12-14H2,1-2H3,(H,24,28)/t18-/m0/s1. The van der Waals surface area contributed by atoms with E-state index < -0.39 is 33.7 Å². The molecular formula is C22H24FN3O5S. The summed E-state index contributed by atoms with van der Waals surface area (Å²) in [5.41, 5.74) is 0.680. The molecule has 1 aliphatic heterocycles. The Hall–Kier alpha value is -3.27. The van der Waals surface area contributed by atoms with Gasteiger partial charge in [0, 0.05) is 26.6 Å². The molecule has 170 valence electrons. The van der Waals surface area contributed by atoms with Crippen LogP contribution in [-0.2, 0) is 26.2 Å². The minimum absolute atomic E-state index is 0.0337. The molecule has 1 N–H and O–H groups in total. The number of carbonyl (C=O) groups excluding carboxylic acids is 3. The second-order valence-corrected chi connectivity index (χ2v) is 9.15. The third-order valence-electron chi connectivity index (χ3n) is 5.34. The van der Waals surface area contributed by atoms with Crippen LogP contribution in [-0.4, -0.2) is 55.0 Å². The second kappa shape index (κ2) is 9.47. The molecule has 0 spiro atoms. The maximum Gasteiger partial charge on any atom is 0.269 e. The quantitative estimate of drug-likeness (QED) is 0.647. The Bertz CT molecular complexity index is 1130. The molecule has 0 fully saturated rings. The van der Waals surface area contributed by atoms with Crippen LogP contribution < -0.4 is 5.32 Å². The predicted molar refractivity (Wildman–Crippen MR) is 114 cm³/mol. The average Bonchev–Trinajstić information content (AvgIpc) is 2.98. The lowest BCUT2D eigenvalue weighted by molar-refractivity contribution is -0.141. The summed E-state index contributed by atoms with van der Waals surface area (Å²) < 4.78 is 39.4. The first kappa shape index (κ1) is 23.4. The Labute approximate surface area is 186 Å². The van der Waals surface area contributed by atoms with Gasteiger partial charge in [-0.05, 0) is 36.2 Å². The van der Waals surface area contributed by atoms with Crippen LogP contribution in [0.2, 0.25) is 0 Å². The number of amides is 3. The Kier molecular flexibility index (Phi) is 6.93. The van der Waals surface area contributed by atoms with E-state index in [1.807, 2.05) is 0 Å². The number of halogens is 1. The maximum absolute atomic E-state index is 13.3. The van der Waals surface area contributed by atoms with Crippen molar-refractivity contribution in [3.05, 3.63) is 65.5 Å². The molecule has 0 saturated heterocycles. The first-order chi connectivity index (χ1) is 15.2. The highest BCUT2D eigenvalue weighted by molar-refractivity contribution is 7.90. The van der Waals surface area contributed by atoms with E-state index in [1.54, 1.807) is 13.0 Å². The molecular weight excluding hydrogens is 437 g/mol. The van der Waals surface area contributed by atoms with Gasteiger partial charge in [0.25, 0.3) is 15.9 Å². The van der Waals surface area contributed by atoms with Crippen LogP contribution in [0.25, 0.3) is 0 Å². The number of nitrogens with one attached hydrogen (secondary N) is 1. The second-order valence-electron chi connectivity index (χ2n) is 7.31. The molecule has 1 heterocycles. The van der Waals surface area contributed by atoms with Crippen molar-refractivity contribution in [2.75, 3.05) is 13.6 Å². The highest BCUT2D eigenvalue weighted by Crippen LogP contribution is 2.30. The molecule has 0 unspecified atom stereocenters. The third kappa shape index (κ3) is 4.50. The van der Waals surface area contributed by atoms with Gasteiger partial charge in [0.05, 0.1) is 5.56 Å². The molecule has 2 aromatic rings. The summed E-state index contributed by atoms with van der Waals surface area (Å²) in [6.45, 7) is 1.43. The molecule has 1 atom stereocenters. The Morgan fingerprint density at radius 3 is 2.38 bits per heavy atom. The number of carbonyl (C=O) groups is 3. The van der Waals surface area contributed by atoms with E-state index in [4.69, 9.17) is 0 Å². The van der Waals surface area contributed by atoms with Gasteiger partial charge in [0.15, 0.2) is 0 Å². The Balaban J connectivity index is 1.81. The average molecular weight is 462 g/mol. The van der Waals surface area contributed by atoms with Crippen LogP contribution in [0.3, 0.4) is 0 Å². The van der Waals surface area contributed by atoms with Crippen LogP contribution in [0.15, 0.2) is 53.4 Å². The maximum atomic E-state index is 13.3. The van der Waals surface area contributed by atoms with Crippen molar-refractivity contribution in [2.24, 2.45) is 0 Å². The molecule has 32 heavy (non-hydrogen) atoms. The number of benzene rings is 2. The van der Waals surface area contributed by atoms with E-state index in [2.05, 4.69) is 5.32 Å². The van der Waals surface area contributed by atoms with E-state index in [0.717, 1.165) is 0 Å². The van der Waals surface area contributed by atoms with Crippen molar-refractivity contribution < 1.29 is 27.2 Å². The zero-order chi connectivity index (χ0) is 23.5. The van der Waals surface area contributed by atoms with E-state index in [9.17, 15) is 27.2 Å². The minimum Gasteiger partial charge on any atom is -0.357 e. The number of nitrogens with zero attached hydrogens (tertiary/aromatic N) is 2. The summed E-state index contributed by atoms with van der Waals surface area (Å²) in [4.78, 5) is 39.3. The lowest BCUT2D eigenvalue weighted by Crippen LogP contribution is -2.49. The summed E-state index contributed by atoms with van der Waals surface area (Å²) in [5, 5.41) is 2.52. The van der Waals surface area contributed by atoms with Crippen molar-refractivity contribution in [1.29, 1.82) is 0 Å². The van der Waals surface area contributed by atoms with Crippen molar-refractivity contribution in [1.82, 2.24) is 14.5 Å². The SMILES string of the molecule is CC[C@@H](C(=O)NC)N(Cc1ccc(F)cc1)C(=O)CCN1C(=O)c2ccccc2S1(=O)=O. The molecule has 2 aromatic carbocycles. The molecule has 0 aromatic heterocycles. The van der Waals surface area contributed by atoms with Gasteiger partial charge in [0.2, 0.25) is 11.8 Å². The summed E-state index contributed by atoms with van der Waals surface area (Å²) in [5.74, 6) is -1.98. The largest absolute Gasteiger partial charge is 0.357 e. The predicted octanol–water partition coefficient (Wildman–Crippen LogP) is 1.91. The Morgan fingerprint density at radius 1 is 1.12 bits per heavy atom. The molecule has 3 amide bonds. The fourth-order valence-electron chi connectivity index (χ4n) is 3.67. The van der Waals surface area contributed by atoms with Gasteiger partial charge in [0.1, 0.15) is 16.8 Å². The molecule has 0 aliphatic carbocycles. The highest BCUT2D eigenvalue weighted by Gasteiger charge is 2.41. The van der Waals surface area contributed by atoms with Crippen LogP contribution >= 0.6 is 0 Å². The van der Waals surface area contributed by atoms with Crippen LogP contribution in [0.5, 0.6) is 0 Å². The van der Waals surface area contributed by atoms with Gasteiger partial charge in [-0.2, -0.15) is 0 Å². The van der Waals surface area contributed by atoms with Crippen molar-refractivity contribution in [2.45, 2.75) is 37.2 Å². The number of fused-ring (bicyclic) bond motifs is 1. The lowest BCUT2D eigenvalue weighted by Gasteiger charge is -2.30. The normalized spacial score (nSPS) is 15.2. The van der Waals surface area contributed by atoms with Crippen molar-refractivity contribution >= 4 is 27.7 Å². The smallest absolute Gasteiger partial charge is 0.269 e.